The molecule has 5 rings (SSSR count). The third kappa shape index (κ3) is 7.44. The molecule has 43 heavy (non-hydrogen) atoms. The minimum Gasteiger partial charge on any atom is -0.506 e. The van der Waals surface area contributed by atoms with Crippen LogP contribution in [-0.4, -0.2) is 36.6 Å². The second kappa shape index (κ2) is 14.1. The van der Waals surface area contributed by atoms with Crippen LogP contribution in [0.3, 0.4) is 0 Å². The molecule has 5 aromatic carbocycles. The summed E-state index contributed by atoms with van der Waals surface area (Å²) >= 11 is 5.93. The summed E-state index contributed by atoms with van der Waals surface area (Å²) in [6.07, 6.45) is 2.24. The summed E-state index contributed by atoms with van der Waals surface area (Å²) in [6.45, 7) is 1.28. The van der Waals surface area contributed by atoms with Gasteiger partial charge < -0.3 is 25.6 Å². The number of carbonyl (C=O) groups excluding carboxylic acids is 2. The number of Topliss-reactive ketones (excluding diaryl/α,β-unsaturated/α-hetero) is 1. The van der Waals surface area contributed by atoms with E-state index in [0.29, 0.717) is 73.1 Å². The van der Waals surface area contributed by atoms with Crippen LogP contribution in [-0.2, 0) is 0 Å². The molecule has 8 heteroatoms. The maximum Gasteiger partial charge on any atom is 0.259 e. The topological polar surface area (TPSA) is 111 Å². The van der Waals surface area contributed by atoms with Crippen molar-refractivity contribution in [3.63, 3.8) is 0 Å². The molecule has 7 nitrogen and oxygen atoms in total. The van der Waals surface area contributed by atoms with Gasteiger partial charge in [0.05, 0.1) is 30.0 Å². The van der Waals surface area contributed by atoms with Crippen LogP contribution < -0.4 is 20.5 Å². The Hall–Kier alpha value is -4.59. The highest BCUT2D eigenvalue weighted by molar-refractivity contribution is 6.30. The van der Waals surface area contributed by atoms with E-state index in [2.05, 4.69) is 5.32 Å². The fourth-order valence-corrected chi connectivity index (χ4v) is 5.01. The molecule has 0 atom stereocenters. The molecule has 0 bridgehead atoms. The van der Waals surface area contributed by atoms with Crippen LogP contribution in [0.5, 0.6) is 17.2 Å². The number of halogens is 1. The Labute approximate surface area is 255 Å². The minimum atomic E-state index is -0.424. The number of phenolic OH excluding ortho intramolecular Hbond substituents is 1. The Morgan fingerprint density at radius 3 is 1.88 bits per heavy atom. The van der Waals surface area contributed by atoms with Gasteiger partial charge >= 0.3 is 0 Å². The van der Waals surface area contributed by atoms with Crippen molar-refractivity contribution in [1.29, 1.82) is 0 Å². The zero-order valence-electron chi connectivity index (χ0n) is 23.6. The molecule has 0 aromatic heterocycles. The molecule has 0 heterocycles. The van der Waals surface area contributed by atoms with Crippen molar-refractivity contribution < 1.29 is 24.2 Å². The number of anilines is 1. The van der Waals surface area contributed by atoms with Crippen molar-refractivity contribution in [3.05, 3.63) is 107 Å². The molecule has 0 aliphatic rings. The van der Waals surface area contributed by atoms with Crippen LogP contribution in [0.2, 0.25) is 5.02 Å². The number of amides is 1. The Bertz CT molecular complexity index is 1770. The molecule has 5 aromatic rings. The first-order chi connectivity index (χ1) is 20.9. The van der Waals surface area contributed by atoms with Crippen LogP contribution in [0.4, 0.5) is 5.69 Å². The monoisotopic (exact) mass is 596 g/mol. The zero-order valence-corrected chi connectivity index (χ0v) is 24.4. The van der Waals surface area contributed by atoms with E-state index in [-0.39, 0.29) is 17.2 Å². The second-order valence-electron chi connectivity index (χ2n) is 10.2. The SMILES string of the molecule is NCCCOc1cc2ccccc2cc1C(=O)CCCCOc1cc2ccccc2cc1C(=O)Nc1ccc(Cl)cc1O. The van der Waals surface area contributed by atoms with Crippen molar-refractivity contribution in [2.75, 3.05) is 25.1 Å². The third-order valence-corrected chi connectivity index (χ3v) is 7.35. The van der Waals surface area contributed by atoms with Gasteiger partial charge in [-0.15, -0.1) is 0 Å². The highest BCUT2D eigenvalue weighted by Gasteiger charge is 2.17. The highest BCUT2D eigenvalue weighted by Crippen LogP contribution is 2.31. The van der Waals surface area contributed by atoms with E-state index in [1.165, 1.54) is 6.07 Å². The molecule has 4 N–H and O–H groups in total. The average molecular weight is 597 g/mol. The smallest absolute Gasteiger partial charge is 0.259 e. The van der Waals surface area contributed by atoms with Gasteiger partial charge in [-0.2, -0.15) is 0 Å². The van der Waals surface area contributed by atoms with Crippen molar-refractivity contribution in [1.82, 2.24) is 0 Å². The Morgan fingerprint density at radius 1 is 0.721 bits per heavy atom. The van der Waals surface area contributed by atoms with Gasteiger partial charge in [-0.1, -0.05) is 60.1 Å². The van der Waals surface area contributed by atoms with Crippen LogP contribution in [0.1, 0.15) is 46.4 Å². The fourth-order valence-electron chi connectivity index (χ4n) is 4.84. The lowest BCUT2D eigenvalue weighted by atomic mass is 10.00. The summed E-state index contributed by atoms with van der Waals surface area (Å²) in [6, 6.07) is 27.5. The quantitative estimate of drug-likeness (QED) is 0.0727. The van der Waals surface area contributed by atoms with E-state index in [1.54, 1.807) is 18.2 Å². The van der Waals surface area contributed by atoms with Gasteiger partial charge in [0.1, 0.15) is 17.2 Å². The third-order valence-electron chi connectivity index (χ3n) is 7.11. The van der Waals surface area contributed by atoms with Crippen LogP contribution in [0.15, 0.2) is 91.0 Å². The maximum atomic E-state index is 13.3. The normalized spacial score (nSPS) is 11.0. The average Bonchev–Trinajstić information content (AvgIpc) is 3.01. The number of hydrogen-bond donors (Lipinski definition) is 3. The summed E-state index contributed by atoms with van der Waals surface area (Å²) in [5.41, 5.74) is 6.76. The predicted molar refractivity (Wildman–Crippen MR) is 172 cm³/mol. The van der Waals surface area contributed by atoms with Gasteiger partial charge in [0.25, 0.3) is 5.91 Å². The summed E-state index contributed by atoms with van der Waals surface area (Å²) in [4.78, 5) is 26.5. The number of rotatable bonds is 13. The number of phenols is 1. The van der Waals surface area contributed by atoms with E-state index in [0.717, 1.165) is 21.5 Å². The molecule has 0 saturated heterocycles. The number of benzene rings is 5. The molecule has 0 aliphatic heterocycles. The molecular weight excluding hydrogens is 564 g/mol. The summed E-state index contributed by atoms with van der Waals surface area (Å²) in [5.74, 6) is 0.440. The number of fused-ring (bicyclic) bond motifs is 2. The van der Waals surface area contributed by atoms with Crippen LogP contribution in [0, 0.1) is 0 Å². The number of ketones is 1. The van der Waals surface area contributed by atoms with Gasteiger partial charge in [-0.05, 0) is 83.8 Å². The largest absolute Gasteiger partial charge is 0.506 e. The second-order valence-corrected chi connectivity index (χ2v) is 10.7. The minimum absolute atomic E-state index is 0.00189. The summed E-state index contributed by atoms with van der Waals surface area (Å²) < 4.78 is 12.0. The Balaban J connectivity index is 1.25. The van der Waals surface area contributed by atoms with E-state index >= 15 is 0 Å². The summed E-state index contributed by atoms with van der Waals surface area (Å²) in [7, 11) is 0. The lowest BCUT2D eigenvalue weighted by Crippen LogP contribution is -2.14. The number of nitrogens with one attached hydrogen (secondary N) is 1. The molecule has 0 aliphatic carbocycles. The number of hydrogen-bond acceptors (Lipinski definition) is 6. The Kier molecular flexibility index (Phi) is 9.77. The van der Waals surface area contributed by atoms with Crippen LogP contribution >= 0.6 is 11.6 Å². The van der Waals surface area contributed by atoms with Crippen molar-refractivity contribution >= 4 is 50.5 Å². The van der Waals surface area contributed by atoms with Gasteiger partial charge in [0, 0.05) is 17.5 Å². The maximum absolute atomic E-state index is 13.3. The number of unbranched alkanes of at least 4 members (excludes halogenated alkanes) is 1. The van der Waals surface area contributed by atoms with Crippen LogP contribution in [0.25, 0.3) is 21.5 Å². The molecule has 0 unspecified atom stereocenters. The molecule has 0 saturated carbocycles. The molecular formula is C35H33ClN2O5. The first-order valence-corrected chi connectivity index (χ1v) is 14.6. The van der Waals surface area contributed by atoms with E-state index in [9.17, 15) is 14.7 Å². The molecule has 1 amide bonds. The van der Waals surface area contributed by atoms with Gasteiger partial charge in [0.2, 0.25) is 0 Å². The van der Waals surface area contributed by atoms with Crippen molar-refractivity contribution in [3.8, 4) is 17.2 Å². The van der Waals surface area contributed by atoms with Gasteiger partial charge in [-0.3, -0.25) is 9.59 Å². The van der Waals surface area contributed by atoms with E-state index < -0.39 is 5.91 Å². The number of aromatic hydroxyl groups is 1. The van der Waals surface area contributed by atoms with Crippen molar-refractivity contribution in [2.24, 2.45) is 5.73 Å². The lowest BCUT2D eigenvalue weighted by Gasteiger charge is -2.14. The highest BCUT2D eigenvalue weighted by atomic mass is 35.5. The summed E-state index contributed by atoms with van der Waals surface area (Å²) in [5, 5.41) is 17.1. The number of carbonyl (C=O) groups is 2. The van der Waals surface area contributed by atoms with Crippen molar-refractivity contribution in [2.45, 2.75) is 25.7 Å². The van der Waals surface area contributed by atoms with E-state index in [1.807, 2.05) is 66.7 Å². The molecule has 0 fully saturated rings. The lowest BCUT2D eigenvalue weighted by molar-refractivity contribution is 0.0973. The predicted octanol–water partition coefficient (Wildman–Crippen LogP) is 7.76. The molecule has 0 radical (unpaired) electrons. The van der Waals surface area contributed by atoms with E-state index in [4.69, 9.17) is 26.8 Å². The molecule has 220 valence electrons. The zero-order chi connectivity index (χ0) is 30.2. The standard InChI is InChI=1S/C35H33ClN2O5/c36-27-13-14-30(32(40)22-27)38-35(41)29-19-24-9-2-4-11-26(24)21-34(29)42-16-6-5-12-31(39)28-18-23-8-1-3-10-25(23)20-33(28)43-17-7-15-37/h1-4,8-11,13-14,18-22,40H,5-7,12,15-17,37H2,(H,38,41). The fraction of sp³-hybridized carbons (Fsp3) is 0.200. The first-order valence-electron chi connectivity index (χ1n) is 14.3. The first kappa shape index (κ1) is 29.9. The number of nitrogens with two attached hydrogens (primary N) is 1. The molecule has 0 spiro atoms. The van der Waals surface area contributed by atoms with Gasteiger partial charge in [-0.25, -0.2) is 0 Å². The Morgan fingerprint density at radius 2 is 1.28 bits per heavy atom. The van der Waals surface area contributed by atoms with Gasteiger partial charge in [0.15, 0.2) is 5.78 Å². The number of ether oxygens (including phenoxy) is 2.